The van der Waals surface area contributed by atoms with Crippen LogP contribution in [-0.2, 0) is 16.6 Å². The van der Waals surface area contributed by atoms with Gasteiger partial charge in [0.2, 0.25) is 10.0 Å². The van der Waals surface area contributed by atoms with Crippen molar-refractivity contribution in [2.75, 3.05) is 12.4 Å². The number of sulfonamides is 1. The second-order valence-electron chi connectivity index (χ2n) is 3.94. The standard InChI is InChI=1S/C12H15N3O2S2/c1-9-14-7-11(18-9)8-15-19(16,17)12-5-3-10(13-2)4-6-12/h3-7,13,15H,8H2,1-2H3. The van der Waals surface area contributed by atoms with Crippen LogP contribution in [0.4, 0.5) is 5.69 Å². The van der Waals surface area contributed by atoms with Gasteiger partial charge in [0, 0.05) is 30.4 Å². The predicted molar refractivity (Wildman–Crippen MR) is 76.9 cm³/mol. The van der Waals surface area contributed by atoms with Crippen LogP contribution in [0.2, 0.25) is 0 Å². The monoisotopic (exact) mass is 297 g/mol. The summed E-state index contributed by atoms with van der Waals surface area (Å²) in [5, 5.41) is 3.87. The molecule has 2 aromatic rings. The smallest absolute Gasteiger partial charge is 0.240 e. The van der Waals surface area contributed by atoms with Gasteiger partial charge in [0.05, 0.1) is 9.90 Å². The Morgan fingerprint density at radius 2 is 1.95 bits per heavy atom. The number of aryl methyl sites for hydroxylation is 1. The molecule has 0 fully saturated rings. The van der Waals surface area contributed by atoms with Crippen molar-refractivity contribution in [2.24, 2.45) is 0 Å². The Kier molecular flexibility index (Phi) is 4.18. The maximum atomic E-state index is 12.1. The molecule has 0 aliphatic heterocycles. The Morgan fingerprint density at radius 1 is 1.26 bits per heavy atom. The Labute approximate surface area is 116 Å². The van der Waals surface area contributed by atoms with Crippen LogP contribution in [0.5, 0.6) is 0 Å². The number of nitrogens with one attached hydrogen (secondary N) is 2. The van der Waals surface area contributed by atoms with Crippen molar-refractivity contribution in [1.82, 2.24) is 9.71 Å². The molecule has 7 heteroatoms. The molecule has 0 atom stereocenters. The van der Waals surface area contributed by atoms with Crippen molar-refractivity contribution in [2.45, 2.75) is 18.4 Å². The van der Waals surface area contributed by atoms with Crippen molar-refractivity contribution < 1.29 is 8.42 Å². The largest absolute Gasteiger partial charge is 0.388 e. The molecular formula is C12H15N3O2S2. The van der Waals surface area contributed by atoms with E-state index in [1.165, 1.54) is 11.3 Å². The number of nitrogens with zero attached hydrogens (tertiary/aromatic N) is 1. The Morgan fingerprint density at radius 3 is 2.47 bits per heavy atom. The predicted octanol–water partition coefficient (Wildman–Crippen LogP) is 1.97. The maximum absolute atomic E-state index is 12.1. The Hall–Kier alpha value is -1.44. The highest BCUT2D eigenvalue weighted by molar-refractivity contribution is 7.89. The van der Waals surface area contributed by atoms with Crippen LogP contribution in [0.1, 0.15) is 9.88 Å². The van der Waals surface area contributed by atoms with Gasteiger partial charge in [-0.25, -0.2) is 18.1 Å². The summed E-state index contributed by atoms with van der Waals surface area (Å²) in [7, 11) is -1.69. The number of anilines is 1. The van der Waals surface area contributed by atoms with Crippen LogP contribution < -0.4 is 10.0 Å². The third-order valence-corrected chi connectivity index (χ3v) is 4.89. The van der Waals surface area contributed by atoms with E-state index in [0.717, 1.165) is 15.6 Å². The van der Waals surface area contributed by atoms with E-state index in [4.69, 9.17) is 0 Å². The minimum Gasteiger partial charge on any atom is -0.388 e. The minimum atomic E-state index is -3.47. The first-order valence-electron chi connectivity index (χ1n) is 5.70. The SMILES string of the molecule is CNc1ccc(S(=O)(=O)NCc2cnc(C)s2)cc1. The van der Waals surface area contributed by atoms with Crippen LogP contribution in [0, 0.1) is 6.92 Å². The minimum absolute atomic E-state index is 0.257. The van der Waals surface area contributed by atoms with Gasteiger partial charge >= 0.3 is 0 Å². The number of aromatic nitrogens is 1. The fraction of sp³-hybridized carbons (Fsp3) is 0.250. The molecule has 2 N–H and O–H groups in total. The van der Waals surface area contributed by atoms with E-state index in [2.05, 4.69) is 15.0 Å². The van der Waals surface area contributed by atoms with Crippen LogP contribution >= 0.6 is 11.3 Å². The van der Waals surface area contributed by atoms with Gasteiger partial charge in [-0.15, -0.1) is 11.3 Å². The zero-order valence-electron chi connectivity index (χ0n) is 10.7. The van der Waals surface area contributed by atoms with Gasteiger partial charge in [-0.3, -0.25) is 0 Å². The van der Waals surface area contributed by atoms with Gasteiger partial charge in [-0.2, -0.15) is 0 Å². The van der Waals surface area contributed by atoms with E-state index in [1.807, 2.05) is 6.92 Å². The second kappa shape index (κ2) is 5.68. The second-order valence-corrected chi connectivity index (χ2v) is 7.03. The quantitative estimate of drug-likeness (QED) is 0.885. The lowest BCUT2D eigenvalue weighted by Crippen LogP contribution is -2.22. The lowest BCUT2D eigenvalue weighted by molar-refractivity contribution is 0.582. The first-order valence-corrected chi connectivity index (χ1v) is 8.00. The highest BCUT2D eigenvalue weighted by atomic mass is 32.2. The summed E-state index contributed by atoms with van der Waals surface area (Å²) in [6, 6.07) is 6.61. The molecule has 0 spiro atoms. The molecule has 0 saturated heterocycles. The molecule has 5 nitrogen and oxygen atoms in total. The number of thiazole rings is 1. The average molecular weight is 297 g/mol. The van der Waals surface area contributed by atoms with Crippen molar-refractivity contribution in [3.05, 3.63) is 40.3 Å². The molecule has 0 radical (unpaired) electrons. The molecular weight excluding hydrogens is 282 g/mol. The van der Waals surface area contributed by atoms with Crippen molar-refractivity contribution in [3.63, 3.8) is 0 Å². The first kappa shape index (κ1) is 14.0. The van der Waals surface area contributed by atoms with Crippen molar-refractivity contribution >= 4 is 27.0 Å². The van der Waals surface area contributed by atoms with E-state index in [0.29, 0.717) is 0 Å². The summed E-state index contributed by atoms with van der Waals surface area (Å²) >= 11 is 1.48. The molecule has 0 amide bonds. The van der Waals surface area contributed by atoms with E-state index in [1.54, 1.807) is 37.5 Å². The molecule has 0 unspecified atom stereocenters. The topological polar surface area (TPSA) is 71.1 Å². The number of hydrogen-bond donors (Lipinski definition) is 2. The Balaban J connectivity index is 2.09. The van der Waals surface area contributed by atoms with Gasteiger partial charge < -0.3 is 5.32 Å². The fourth-order valence-corrected chi connectivity index (χ4v) is 3.37. The van der Waals surface area contributed by atoms with Crippen molar-refractivity contribution in [3.8, 4) is 0 Å². The van der Waals surface area contributed by atoms with Crippen LogP contribution in [0.3, 0.4) is 0 Å². The first-order chi connectivity index (χ1) is 9.01. The highest BCUT2D eigenvalue weighted by Crippen LogP contribution is 2.15. The molecule has 2 rings (SSSR count). The molecule has 1 aromatic heterocycles. The zero-order chi connectivity index (χ0) is 13.9. The summed E-state index contributed by atoms with van der Waals surface area (Å²) in [6.45, 7) is 2.15. The summed E-state index contributed by atoms with van der Waals surface area (Å²) in [4.78, 5) is 5.24. The summed E-state index contributed by atoms with van der Waals surface area (Å²) in [5.41, 5.74) is 0.872. The van der Waals surface area contributed by atoms with Crippen LogP contribution in [-0.4, -0.2) is 20.4 Å². The third kappa shape index (κ3) is 3.52. The summed E-state index contributed by atoms with van der Waals surface area (Å²) in [5.74, 6) is 0. The van der Waals surface area contributed by atoms with E-state index in [-0.39, 0.29) is 11.4 Å². The molecule has 19 heavy (non-hydrogen) atoms. The lowest BCUT2D eigenvalue weighted by atomic mass is 10.3. The summed E-state index contributed by atoms with van der Waals surface area (Å²) in [6.07, 6.45) is 1.69. The van der Waals surface area contributed by atoms with Gasteiger partial charge in [0.15, 0.2) is 0 Å². The average Bonchev–Trinajstić information content (AvgIpc) is 2.82. The lowest BCUT2D eigenvalue weighted by Gasteiger charge is -2.06. The van der Waals surface area contributed by atoms with E-state index in [9.17, 15) is 8.42 Å². The van der Waals surface area contributed by atoms with Gasteiger partial charge in [-0.05, 0) is 31.2 Å². The molecule has 0 bridgehead atoms. The summed E-state index contributed by atoms with van der Waals surface area (Å²) < 4.78 is 26.7. The molecule has 0 aliphatic carbocycles. The van der Waals surface area contributed by atoms with Crippen LogP contribution in [0.15, 0.2) is 35.4 Å². The highest BCUT2D eigenvalue weighted by Gasteiger charge is 2.13. The van der Waals surface area contributed by atoms with Gasteiger partial charge in [0.25, 0.3) is 0 Å². The van der Waals surface area contributed by atoms with E-state index < -0.39 is 10.0 Å². The molecule has 102 valence electrons. The molecule has 0 saturated carbocycles. The normalized spacial score (nSPS) is 11.5. The fourth-order valence-electron chi connectivity index (χ4n) is 1.54. The van der Waals surface area contributed by atoms with Gasteiger partial charge in [-0.1, -0.05) is 0 Å². The number of rotatable bonds is 5. The van der Waals surface area contributed by atoms with E-state index >= 15 is 0 Å². The number of benzene rings is 1. The van der Waals surface area contributed by atoms with Crippen LogP contribution in [0.25, 0.3) is 0 Å². The Bertz CT molecular complexity index is 648. The maximum Gasteiger partial charge on any atom is 0.240 e. The van der Waals surface area contributed by atoms with Crippen molar-refractivity contribution in [1.29, 1.82) is 0 Å². The molecule has 1 heterocycles. The number of hydrogen-bond acceptors (Lipinski definition) is 5. The third-order valence-electron chi connectivity index (χ3n) is 2.56. The molecule has 0 aliphatic rings. The zero-order valence-corrected chi connectivity index (χ0v) is 12.3. The molecule has 1 aromatic carbocycles. The van der Waals surface area contributed by atoms with Gasteiger partial charge in [0.1, 0.15) is 0 Å².